The molecule has 80 valence electrons. The van der Waals surface area contributed by atoms with Gasteiger partial charge in [-0.3, -0.25) is 4.98 Å². The van der Waals surface area contributed by atoms with Gasteiger partial charge in [-0.2, -0.15) is 13.2 Å². The fraction of sp³-hybridized carbons (Fsp3) is 0.111. The van der Waals surface area contributed by atoms with Crippen molar-refractivity contribution in [2.24, 2.45) is 0 Å². The summed E-state index contributed by atoms with van der Waals surface area (Å²) in [6.07, 6.45) is -0.853. The van der Waals surface area contributed by atoms with Gasteiger partial charge in [0.2, 0.25) is 0 Å². The van der Waals surface area contributed by atoms with Crippen molar-refractivity contribution in [3.05, 3.63) is 35.7 Å². The number of carbonyl (C=O) groups is 1. The van der Waals surface area contributed by atoms with Crippen molar-refractivity contribution in [1.29, 1.82) is 0 Å². The van der Waals surface area contributed by atoms with E-state index >= 15 is 0 Å². The smallest absolute Gasteiger partial charge is 0.417 e. The molecule has 1 aromatic rings. The molecule has 0 saturated carbocycles. The van der Waals surface area contributed by atoms with Crippen LogP contribution in [-0.2, 0) is 11.0 Å². The number of aliphatic carboxylic acids is 1. The summed E-state index contributed by atoms with van der Waals surface area (Å²) >= 11 is 0. The van der Waals surface area contributed by atoms with Crippen molar-refractivity contribution in [2.45, 2.75) is 6.18 Å². The van der Waals surface area contributed by atoms with Crippen LogP contribution in [0.5, 0.6) is 0 Å². The van der Waals surface area contributed by atoms with E-state index in [2.05, 4.69) is 4.98 Å². The summed E-state index contributed by atoms with van der Waals surface area (Å²) in [5.74, 6) is -1.23. The quantitative estimate of drug-likeness (QED) is 0.772. The summed E-state index contributed by atoms with van der Waals surface area (Å²) in [5.41, 5.74) is -0.817. The lowest BCUT2D eigenvalue weighted by Crippen LogP contribution is -2.05. The maximum atomic E-state index is 12.2. The molecule has 0 spiro atoms. The second-order valence-corrected chi connectivity index (χ2v) is 2.68. The first kappa shape index (κ1) is 11.2. The molecule has 0 saturated heterocycles. The van der Waals surface area contributed by atoms with Crippen LogP contribution in [0.4, 0.5) is 13.2 Å². The Hall–Kier alpha value is -1.85. The zero-order valence-corrected chi connectivity index (χ0v) is 7.32. The highest BCUT2D eigenvalue weighted by molar-refractivity contribution is 5.85. The van der Waals surface area contributed by atoms with Crippen molar-refractivity contribution in [3.63, 3.8) is 0 Å². The minimum atomic E-state index is -4.47. The van der Waals surface area contributed by atoms with Crippen LogP contribution >= 0.6 is 0 Å². The van der Waals surface area contributed by atoms with Gasteiger partial charge in [0.25, 0.3) is 0 Å². The number of aromatic nitrogens is 1. The Bertz CT molecular complexity index is 399. The Balaban J connectivity index is 2.98. The summed E-state index contributed by atoms with van der Waals surface area (Å²) in [4.78, 5) is 13.5. The lowest BCUT2D eigenvalue weighted by Gasteiger charge is -2.05. The fourth-order valence-electron chi connectivity index (χ4n) is 0.871. The Morgan fingerprint density at radius 3 is 2.60 bits per heavy atom. The SMILES string of the molecule is O=C(O)C=Cc1cncc(C(F)(F)F)c1. The fourth-order valence-corrected chi connectivity index (χ4v) is 0.871. The number of halogens is 3. The molecule has 1 aromatic heterocycles. The molecule has 0 atom stereocenters. The summed E-state index contributed by atoms with van der Waals surface area (Å²) in [7, 11) is 0. The number of hydrogen-bond acceptors (Lipinski definition) is 2. The van der Waals surface area contributed by atoms with Gasteiger partial charge in [-0.25, -0.2) is 4.79 Å². The van der Waals surface area contributed by atoms with Crippen molar-refractivity contribution in [3.8, 4) is 0 Å². The number of carboxylic acids is 1. The van der Waals surface area contributed by atoms with E-state index in [0.717, 1.165) is 24.4 Å². The van der Waals surface area contributed by atoms with E-state index in [0.29, 0.717) is 6.20 Å². The normalized spacial score (nSPS) is 11.9. The number of alkyl halides is 3. The maximum Gasteiger partial charge on any atom is 0.417 e. The van der Waals surface area contributed by atoms with Gasteiger partial charge in [0, 0.05) is 18.5 Å². The number of carboxylic acid groups (broad SMARTS) is 1. The van der Waals surface area contributed by atoms with Crippen molar-refractivity contribution < 1.29 is 23.1 Å². The maximum absolute atomic E-state index is 12.2. The molecular weight excluding hydrogens is 211 g/mol. The predicted molar refractivity (Wildman–Crippen MR) is 45.9 cm³/mol. The second-order valence-electron chi connectivity index (χ2n) is 2.68. The molecule has 0 radical (unpaired) electrons. The van der Waals surface area contributed by atoms with E-state index in [1.807, 2.05) is 0 Å². The Labute approximate surface area is 82.9 Å². The van der Waals surface area contributed by atoms with Crippen LogP contribution in [-0.4, -0.2) is 16.1 Å². The molecule has 15 heavy (non-hydrogen) atoms. The molecule has 0 aromatic carbocycles. The molecule has 0 aliphatic rings. The van der Waals surface area contributed by atoms with E-state index in [4.69, 9.17) is 5.11 Å². The molecular formula is C9H6F3NO2. The van der Waals surface area contributed by atoms with E-state index in [9.17, 15) is 18.0 Å². The third-order valence-electron chi connectivity index (χ3n) is 1.51. The number of rotatable bonds is 2. The van der Waals surface area contributed by atoms with Gasteiger partial charge in [0.15, 0.2) is 0 Å². The number of hydrogen-bond donors (Lipinski definition) is 1. The monoisotopic (exact) mass is 217 g/mol. The van der Waals surface area contributed by atoms with Gasteiger partial charge >= 0.3 is 12.1 Å². The molecule has 6 heteroatoms. The van der Waals surface area contributed by atoms with Crippen molar-refractivity contribution >= 4 is 12.0 Å². The van der Waals surface area contributed by atoms with Crippen LogP contribution in [0.25, 0.3) is 6.08 Å². The second kappa shape index (κ2) is 4.12. The molecule has 3 nitrogen and oxygen atoms in total. The Kier molecular flexibility index (Phi) is 3.08. The molecule has 1 rings (SSSR count). The van der Waals surface area contributed by atoms with E-state index < -0.39 is 17.7 Å². The lowest BCUT2D eigenvalue weighted by molar-refractivity contribution is -0.137. The van der Waals surface area contributed by atoms with Crippen LogP contribution in [0.15, 0.2) is 24.5 Å². The van der Waals surface area contributed by atoms with Crippen molar-refractivity contribution in [2.75, 3.05) is 0 Å². The first-order chi connectivity index (χ1) is 6.89. The highest BCUT2D eigenvalue weighted by Gasteiger charge is 2.30. The first-order valence-corrected chi connectivity index (χ1v) is 3.83. The molecule has 0 unspecified atom stereocenters. The summed E-state index contributed by atoms with van der Waals surface area (Å²) < 4.78 is 36.6. The Morgan fingerprint density at radius 2 is 2.07 bits per heavy atom. The molecule has 0 aliphatic carbocycles. The Morgan fingerprint density at radius 1 is 1.40 bits per heavy atom. The summed E-state index contributed by atoms with van der Waals surface area (Å²) in [6, 6.07) is 0.826. The first-order valence-electron chi connectivity index (χ1n) is 3.83. The topological polar surface area (TPSA) is 50.2 Å². The van der Waals surface area contributed by atoms with E-state index in [1.54, 1.807) is 0 Å². The average molecular weight is 217 g/mol. The van der Waals surface area contributed by atoms with Crippen LogP contribution in [0.3, 0.4) is 0 Å². The summed E-state index contributed by atoms with van der Waals surface area (Å²) in [6.45, 7) is 0. The van der Waals surface area contributed by atoms with Gasteiger partial charge in [0.1, 0.15) is 0 Å². The molecule has 0 bridgehead atoms. The van der Waals surface area contributed by atoms with E-state index in [-0.39, 0.29) is 5.56 Å². The zero-order chi connectivity index (χ0) is 11.5. The van der Waals surface area contributed by atoms with Crippen LogP contribution in [0, 0.1) is 0 Å². The minimum Gasteiger partial charge on any atom is -0.478 e. The third-order valence-corrected chi connectivity index (χ3v) is 1.51. The lowest BCUT2D eigenvalue weighted by atomic mass is 10.2. The largest absolute Gasteiger partial charge is 0.478 e. The highest BCUT2D eigenvalue weighted by atomic mass is 19.4. The molecule has 0 amide bonds. The van der Waals surface area contributed by atoms with Gasteiger partial charge in [0.05, 0.1) is 5.56 Å². The van der Waals surface area contributed by atoms with Crippen LogP contribution in [0.2, 0.25) is 0 Å². The number of pyridine rings is 1. The standard InChI is InChI=1S/C9H6F3NO2/c10-9(11,12)7-3-6(4-13-5-7)1-2-8(14)15/h1-5H,(H,14,15). The van der Waals surface area contributed by atoms with Gasteiger partial charge < -0.3 is 5.11 Å². The number of nitrogens with zero attached hydrogens (tertiary/aromatic N) is 1. The molecule has 1 heterocycles. The van der Waals surface area contributed by atoms with Crippen molar-refractivity contribution in [1.82, 2.24) is 4.98 Å². The minimum absolute atomic E-state index is 0.0900. The van der Waals surface area contributed by atoms with Gasteiger partial charge in [-0.05, 0) is 17.7 Å². The van der Waals surface area contributed by atoms with Gasteiger partial charge in [-0.15, -0.1) is 0 Å². The van der Waals surface area contributed by atoms with E-state index in [1.165, 1.54) is 0 Å². The molecule has 0 aliphatic heterocycles. The highest BCUT2D eigenvalue weighted by Crippen LogP contribution is 2.28. The van der Waals surface area contributed by atoms with Crippen LogP contribution < -0.4 is 0 Å². The molecule has 1 N–H and O–H groups in total. The third kappa shape index (κ3) is 3.41. The predicted octanol–water partition coefficient (Wildman–Crippen LogP) is 2.20. The zero-order valence-electron chi connectivity index (χ0n) is 7.32. The molecule has 0 fully saturated rings. The van der Waals surface area contributed by atoms with Crippen LogP contribution in [0.1, 0.15) is 11.1 Å². The van der Waals surface area contributed by atoms with Gasteiger partial charge in [-0.1, -0.05) is 0 Å². The average Bonchev–Trinajstić information content (AvgIpc) is 2.14. The summed E-state index contributed by atoms with van der Waals surface area (Å²) in [5, 5.41) is 8.27.